The van der Waals surface area contributed by atoms with Crippen LogP contribution in [0.15, 0.2) is 46.6 Å². The lowest BCUT2D eigenvalue weighted by Crippen LogP contribution is -2.69. The summed E-state index contributed by atoms with van der Waals surface area (Å²) in [7, 11) is 0. The summed E-state index contributed by atoms with van der Waals surface area (Å²) in [6.07, 6.45) is 7.44. The van der Waals surface area contributed by atoms with Gasteiger partial charge in [0.05, 0.1) is 23.1 Å². The fourth-order valence-corrected chi connectivity index (χ4v) is 8.81. The van der Waals surface area contributed by atoms with E-state index < -0.39 is 33.4 Å². The number of carbonyl (C=O) groups is 3. The van der Waals surface area contributed by atoms with Gasteiger partial charge >= 0.3 is 5.97 Å². The third-order valence-corrected chi connectivity index (χ3v) is 10.9. The normalized spacial score (nSPS) is 44.2. The van der Waals surface area contributed by atoms with Crippen molar-refractivity contribution in [2.75, 3.05) is 5.88 Å². The largest absolute Gasteiger partial charge is 0.457 e. The van der Waals surface area contributed by atoms with Gasteiger partial charge in [0.1, 0.15) is 0 Å². The van der Waals surface area contributed by atoms with Gasteiger partial charge in [-0.15, -0.1) is 23.2 Å². The molecule has 6 nitrogen and oxygen atoms in total. The van der Waals surface area contributed by atoms with Crippen LogP contribution in [0.4, 0.5) is 0 Å². The maximum absolute atomic E-state index is 13.6. The number of Topliss-reactive ketones (excluding diaryl/α,β-unsaturated/α-hetero) is 1. The molecular weight excluding hydrogens is 491 g/mol. The Morgan fingerprint density at radius 3 is 2.69 bits per heavy atom. The summed E-state index contributed by atoms with van der Waals surface area (Å²) in [5.41, 5.74) is -2.20. The number of furan rings is 1. The number of aliphatic hydroxyl groups is 1. The van der Waals surface area contributed by atoms with Crippen molar-refractivity contribution in [2.24, 2.45) is 28.6 Å². The van der Waals surface area contributed by atoms with E-state index in [1.807, 2.05) is 26.8 Å². The number of hydrogen-bond donors (Lipinski definition) is 1. The Morgan fingerprint density at radius 1 is 1.29 bits per heavy atom. The molecule has 0 bridgehead atoms. The van der Waals surface area contributed by atoms with Gasteiger partial charge in [0.25, 0.3) is 0 Å². The Bertz CT molecular complexity index is 1140. The zero-order chi connectivity index (χ0) is 25.4. The number of aliphatic hydroxyl groups excluding tert-OH is 1. The van der Waals surface area contributed by atoms with Crippen LogP contribution in [0.25, 0.3) is 0 Å². The van der Waals surface area contributed by atoms with Crippen LogP contribution in [0, 0.1) is 28.6 Å². The SMILES string of the molecule is CC1CC2[C@@H]3CCC4=CC(=O)C=C[C@]4(C)C3(Cl)[C@@H](O)C[C@]2(C)[C@@]1(OC(=O)c1ccco1)C(=O)CCl. The zero-order valence-electron chi connectivity index (χ0n) is 20.1. The van der Waals surface area contributed by atoms with Gasteiger partial charge < -0.3 is 14.3 Å². The van der Waals surface area contributed by atoms with E-state index in [4.69, 9.17) is 32.4 Å². The fourth-order valence-electron chi connectivity index (χ4n) is 8.09. The van der Waals surface area contributed by atoms with Crippen molar-refractivity contribution in [3.63, 3.8) is 0 Å². The Labute approximate surface area is 214 Å². The molecule has 35 heavy (non-hydrogen) atoms. The lowest BCUT2D eigenvalue weighted by molar-refractivity contribution is -0.177. The van der Waals surface area contributed by atoms with Crippen molar-refractivity contribution in [3.8, 4) is 0 Å². The molecule has 1 N–H and O–H groups in total. The lowest BCUT2D eigenvalue weighted by Gasteiger charge is -2.64. The molecule has 3 fully saturated rings. The molecule has 0 saturated heterocycles. The average molecular weight is 521 g/mol. The van der Waals surface area contributed by atoms with Crippen LogP contribution < -0.4 is 0 Å². The van der Waals surface area contributed by atoms with Gasteiger partial charge in [0.2, 0.25) is 5.76 Å². The second kappa shape index (κ2) is 8.06. The highest BCUT2D eigenvalue weighted by Crippen LogP contribution is 2.72. The van der Waals surface area contributed by atoms with Crippen LogP contribution in [0.3, 0.4) is 0 Å². The van der Waals surface area contributed by atoms with E-state index in [1.165, 1.54) is 18.4 Å². The second-order valence-electron chi connectivity index (χ2n) is 11.1. The third-order valence-electron chi connectivity index (χ3n) is 9.69. The van der Waals surface area contributed by atoms with E-state index >= 15 is 0 Å². The monoisotopic (exact) mass is 520 g/mol. The highest BCUT2D eigenvalue weighted by molar-refractivity contribution is 6.29. The summed E-state index contributed by atoms with van der Waals surface area (Å²) in [4.78, 5) is 37.7. The summed E-state index contributed by atoms with van der Waals surface area (Å²) in [5, 5.41) is 11.8. The van der Waals surface area contributed by atoms with Crippen molar-refractivity contribution in [2.45, 2.75) is 63.0 Å². The van der Waals surface area contributed by atoms with Crippen LogP contribution >= 0.6 is 23.2 Å². The summed E-state index contributed by atoms with van der Waals surface area (Å²) in [6.45, 7) is 5.81. The van der Waals surface area contributed by atoms with E-state index in [9.17, 15) is 19.5 Å². The molecule has 0 spiro atoms. The predicted octanol–water partition coefficient (Wildman–Crippen LogP) is 4.87. The van der Waals surface area contributed by atoms with E-state index in [0.717, 1.165) is 5.57 Å². The van der Waals surface area contributed by atoms with Crippen molar-refractivity contribution >= 4 is 40.7 Å². The van der Waals surface area contributed by atoms with E-state index in [0.29, 0.717) is 19.3 Å². The quantitative estimate of drug-likeness (QED) is 0.449. The Morgan fingerprint density at radius 2 is 2.03 bits per heavy atom. The smallest absolute Gasteiger partial charge is 0.375 e. The van der Waals surface area contributed by atoms with Gasteiger partial charge in [-0.2, -0.15) is 0 Å². The lowest BCUT2D eigenvalue weighted by atomic mass is 9.45. The second-order valence-corrected chi connectivity index (χ2v) is 12.0. The van der Waals surface area contributed by atoms with Gasteiger partial charge in [-0.1, -0.05) is 32.4 Å². The Hall–Kier alpha value is -1.89. The van der Waals surface area contributed by atoms with E-state index in [2.05, 4.69) is 0 Å². The molecular formula is C27H30Cl2O6. The van der Waals surface area contributed by atoms with Crippen LogP contribution in [0.2, 0.25) is 0 Å². The zero-order valence-corrected chi connectivity index (χ0v) is 21.6. The average Bonchev–Trinajstić information content (AvgIpc) is 3.42. The third kappa shape index (κ3) is 3.02. The summed E-state index contributed by atoms with van der Waals surface area (Å²) < 4.78 is 11.3. The minimum absolute atomic E-state index is 0.00557. The van der Waals surface area contributed by atoms with Gasteiger partial charge in [-0.25, -0.2) is 4.79 Å². The topological polar surface area (TPSA) is 93.8 Å². The first-order chi connectivity index (χ1) is 16.5. The van der Waals surface area contributed by atoms with Crippen LogP contribution in [0.1, 0.15) is 57.0 Å². The fraction of sp³-hybridized carbons (Fsp3) is 0.593. The molecule has 188 valence electrons. The molecule has 4 aliphatic carbocycles. The first kappa shape index (κ1) is 24.8. The number of hydrogen-bond acceptors (Lipinski definition) is 6. The standard InChI is InChI=1S/C27H30Cl2O6/c1-15-11-19-18-7-6-16-12-17(30)8-9-24(16,2)26(18,29)21(31)13-25(19,3)27(15,22(32)14-28)35-23(33)20-5-4-10-34-20/h4-5,8-10,12,15,18-19,21,31H,6-7,11,13-14H2,1-3H3/t15?,18-,19?,21-,24-,25-,26?,27-/m0/s1. The summed E-state index contributed by atoms with van der Waals surface area (Å²) in [6, 6.07) is 3.07. The molecule has 8 heteroatoms. The minimum atomic E-state index is -1.53. The highest BCUT2D eigenvalue weighted by Gasteiger charge is 2.76. The number of ether oxygens (including phenoxy) is 1. The first-order valence-electron chi connectivity index (χ1n) is 12.1. The molecule has 3 unspecified atom stereocenters. The molecule has 5 rings (SSSR count). The van der Waals surface area contributed by atoms with Crippen molar-refractivity contribution < 1.29 is 28.6 Å². The van der Waals surface area contributed by atoms with Gasteiger partial charge in [0, 0.05) is 16.7 Å². The number of halogens is 2. The van der Waals surface area contributed by atoms with Crippen LogP contribution in [-0.4, -0.2) is 45.1 Å². The van der Waals surface area contributed by atoms with Crippen LogP contribution in [0.5, 0.6) is 0 Å². The molecule has 4 aliphatic rings. The van der Waals surface area contributed by atoms with Crippen molar-refractivity contribution in [1.82, 2.24) is 0 Å². The van der Waals surface area contributed by atoms with Crippen LogP contribution in [-0.2, 0) is 14.3 Å². The molecule has 0 aliphatic heterocycles. The van der Waals surface area contributed by atoms with Gasteiger partial charge in [-0.05, 0) is 61.8 Å². The van der Waals surface area contributed by atoms with Crippen molar-refractivity contribution in [1.29, 1.82) is 0 Å². The molecule has 0 aromatic carbocycles. The Kier molecular flexibility index (Phi) is 5.71. The molecule has 8 atom stereocenters. The van der Waals surface area contributed by atoms with Gasteiger partial charge in [0.15, 0.2) is 17.2 Å². The number of ketones is 2. The number of esters is 1. The molecule has 1 aromatic rings. The molecule has 0 radical (unpaired) electrons. The Balaban J connectivity index is 1.61. The first-order valence-corrected chi connectivity index (χ1v) is 13.0. The molecule has 1 heterocycles. The predicted molar refractivity (Wildman–Crippen MR) is 130 cm³/mol. The highest BCUT2D eigenvalue weighted by atomic mass is 35.5. The van der Waals surface area contributed by atoms with E-state index in [1.54, 1.807) is 12.1 Å². The molecule has 1 aromatic heterocycles. The maximum Gasteiger partial charge on any atom is 0.375 e. The number of rotatable bonds is 4. The maximum atomic E-state index is 13.6. The molecule has 0 amide bonds. The number of carbonyl (C=O) groups excluding carboxylic acids is 3. The number of allylic oxidation sites excluding steroid dienone is 4. The van der Waals surface area contributed by atoms with Crippen molar-refractivity contribution in [3.05, 3.63) is 48.0 Å². The summed E-state index contributed by atoms with van der Waals surface area (Å²) >= 11 is 13.6. The minimum Gasteiger partial charge on any atom is -0.457 e. The number of alkyl halides is 2. The molecule has 3 saturated carbocycles. The van der Waals surface area contributed by atoms with Gasteiger partial charge in [-0.3, -0.25) is 9.59 Å². The summed E-state index contributed by atoms with van der Waals surface area (Å²) in [5.74, 6) is -2.12. The number of fused-ring (bicyclic) bond motifs is 5. The van der Waals surface area contributed by atoms with E-state index in [-0.39, 0.29) is 47.4 Å².